The summed E-state index contributed by atoms with van der Waals surface area (Å²) in [6, 6.07) is 12.5. The minimum atomic E-state index is -0.517. The average molecular weight is 250 g/mol. The standard InChI is InChI=1S/C15H10N2O2/c18-13-9-12(17-14-7-3-4-8-16-14)10-5-1-2-6-11(10)15(13)19/h1-9H,(H,16,17). The lowest BCUT2D eigenvalue weighted by molar-refractivity contribution is -0.111. The number of rotatable bonds is 2. The average Bonchev–Trinajstić information content (AvgIpc) is 2.46. The molecule has 0 fully saturated rings. The largest absolute Gasteiger partial charge is 0.340 e. The number of hydrogen-bond donors (Lipinski definition) is 1. The Labute approximate surface area is 109 Å². The van der Waals surface area contributed by atoms with Crippen molar-refractivity contribution in [2.75, 3.05) is 5.32 Å². The smallest absolute Gasteiger partial charge is 0.233 e. The molecule has 1 aromatic carbocycles. The number of nitrogens with zero attached hydrogens (tertiary/aromatic N) is 1. The highest BCUT2D eigenvalue weighted by Gasteiger charge is 2.25. The van der Waals surface area contributed by atoms with Gasteiger partial charge >= 0.3 is 0 Å². The first-order chi connectivity index (χ1) is 9.25. The number of carbonyl (C=O) groups excluding carboxylic acids is 2. The molecule has 1 heterocycles. The third kappa shape index (κ3) is 2.04. The SMILES string of the molecule is O=C1C=C(Nc2ccccn2)c2ccccc2C1=O. The quantitative estimate of drug-likeness (QED) is 0.831. The minimum absolute atomic E-state index is 0.424. The van der Waals surface area contributed by atoms with Gasteiger partial charge in [0.25, 0.3) is 0 Å². The molecule has 1 aliphatic rings. The molecule has 92 valence electrons. The van der Waals surface area contributed by atoms with Crippen LogP contribution in [-0.2, 0) is 4.79 Å². The van der Waals surface area contributed by atoms with E-state index in [0.29, 0.717) is 17.1 Å². The Hall–Kier alpha value is -2.75. The lowest BCUT2D eigenvalue weighted by Crippen LogP contribution is -2.21. The molecule has 19 heavy (non-hydrogen) atoms. The molecule has 1 aliphatic carbocycles. The van der Waals surface area contributed by atoms with Crippen LogP contribution in [0.1, 0.15) is 15.9 Å². The van der Waals surface area contributed by atoms with Gasteiger partial charge in [0, 0.05) is 23.4 Å². The van der Waals surface area contributed by atoms with Crippen LogP contribution in [0.2, 0.25) is 0 Å². The summed E-state index contributed by atoms with van der Waals surface area (Å²) in [7, 11) is 0. The first kappa shape index (κ1) is 11.3. The molecule has 0 bridgehead atoms. The molecule has 0 spiro atoms. The summed E-state index contributed by atoms with van der Waals surface area (Å²) in [6.07, 6.45) is 2.98. The Morgan fingerprint density at radius 1 is 0.895 bits per heavy atom. The molecular formula is C15H10N2O2. The van der Waals surface area contributed by atoms with Crippen molar-refractivity contribution in [3.8, 4) is 0 Å². The highest BCUT2D eigenvalue weighted by atomic mass is 16.2. The third-order valence-electron chi connectivity index (χ3n) is 2.89. The molecular weight excluding hydrogens is 240 g/mol. The van der Waals surface area contributed by atoms with Crippen molar-refractivity contribution in [3.63, 3.8) is 0 Å². The Morgan fingerprint density at radius 3 is 2.37 bits per heavy atom. The van der Waals surface area contributed by atoms with E-state index in [-0.39, 0.29) is 0 Å². The monoisotopic (exact) mass is 250 g/mol. The third-order valence-corrected chi connectivity index (χ3v) is 2.89. The molecule has 0 saturated carbocycles. The molecule has 1 N–H and O–H groups in total. The zero-order valence-corrected chi connectivity index (χ0v) is 9.96. The first-order valence-electron chi connectivity index (χ1n) is 5.83. The summed E-state index contributed by atoms with van der Waals surface area (Å²) < 4.78 is 0. The molecule has 1 aromatic heterocycles. The van der Waals surface area contributed by atoms with Gasteiger partial charge in [-0.05, 0) is 12.1 Å². The Kier molecular flexibility index (Phi) is 2.68. The molecule has 3 rings (SSSR count). The summed E-state index contributed by atoms with van der Waals surface area (Å²) >= 11 is 0. The number of carbonyl (C=O) groups is 2. The predicted octanol–water partition coefficient (Wildman–Crippen LogP) is 2.30. The van der Waals surface area contributed by atoms with E-state index >= 15 is 0 Å². The van der Waals surface area contributed by atoms with Gasteiger partial charge in [-0.1, -0.05) is 30.3 Å². The summed E-state index contributed by atoms with van der Waals surface area (Å²) in [5, 5.41) is 3.06. The number of nitrogens with one attached hydrogen (secondary N) is 1. The second-order valence-electron chi connectivity index (χ2n) is 4.14. The molecule has 4 heteroatoms. The lowest BCUT2D eigenvalue weighted by Gasteiger charge is -2.17. The Balaban J connectivity index is 2.04. The van der Waals surface area contributed by atoms with Gasteiger partial charge in [0.1, 0.15) is 5.82 Å². The maximum Gasteiger partial charge on any atom is 0.233 e. The summed E-state index contributed by atoms with van der Waals surface area (Å²) in [6.45, 7) is 0. The fraction of sp³-hybridized carbons (Fsp3) is 0. The molecule has 4 nitrogen and oxygen atoms in total. The van der Waals surface area contributed by atoms with Gasteiger partial charge in [0.2, 0.25) is 11.6 Å². The Morgan fingerprint density at radius 2 is 1.63 bits per heavy atom. The van der Waals surface area contributed by atoms with Crippen molar-refractivity contribution >= 4 is 23.1 Å². The predicted molar refractivity (Wildman–Crippen MR) is 71.6 cm³/mol. The normalized spacial score (nSPS) is 13.8. The summed E-state index contributed by atoms with van der Waals surface area (Å²) in [4.78, 5) is 27.6. The van der Waals surface area contributed by atoms with Gasteiger partial charge in [0.05, 0.1) is 5.70 Å². The van der Waals surface area contributed by atoms with E-state index in [4.69, 9.17) is 0 Å². The van der Waals surface area contributed by atoms with Gasteiger partial charge in [-0.3, -0.25) is 9.59 Å². The number of ketones is 2. The van der Waals surface area contributed by atoms with Crippen LogP contribution in [0.25, 0.3) is 5.70 Å². The Bertz CT molecular complexity index is 690. The van der Waals surface area contributed by atoms with E-state index in [2.05, 4.69) is 10.3 Å². The highest BCUT2D eigenvalue weighted by molar-refractivity contribution is 6.50. The van der Waals surface area contributed by atoms with Crippen molar-refractivity contribution in [1.29, 1.82) is 0 Å². The van der Waals surface area contributed by atoms with Crippen LogP contribution in [0.15, 0.2) is 54.7 Å². The zero-order valence-electron chi connectivity index (χ0n) is 9.96. The molecule has 0 unspecified atom stereocenters. The molecule has 0 atom stereocenters. The number of Topliss-reactive ketones (excluding diaryl/α,β-unsaturated/α-hetero) is 1. The van der Waals surface area contributed by atoms with Gasteiger partial charge in [-0.2, -0.15) is 0 Å². The van der Waals surface area contributed by atoms with Crippen molar-refractivity contribution in [2.24, 2.45) is 0 Å². The fourth-order valence-corrected chi connectivity index (χ4v) is 2.00. The van der Waals surface area contributed by atoms with Crippen LogP contribution >= 0.6 is 0 Å². The molecule has 0 saturated heterocycles. The lowest BCUT2D eigenvalue weighted by atomic mass is 9.93. The maximum atomic E-state index is 11.8. The van der Waals surface area contributed by atoms with Crippen molar-refractivity contribution in [3.05, 3.63) is 65.9 Å². The van der Waals surface area contributed by atoms with Crippen LogP contribution in [0.4, 0.5) is 5.82 Å². The first-order valence-corrected chi connectivity index (χ1v) is 5.83. The van der Waals surface area contributed by atoms with Crippen molar-refractivity contribution in [2.45, 2.75) is 0 Å². The number of hydrogen-bond acceptors (Lipinski definition) is 4. The van der Waals surface area contributed by atoms with Crippen LogP contribution in [0.3, 0.4) is 0 Å². The van der Waals surface area contributed by atoms with Gasteiger partial charge in [-0.25, -0.2) is 4.98 Å². The highest BCUT2D eigenvalue weighted by Crippen LogP contribution is 2.25. The van der Waals surface area contributed by atoms with E-state index in [1.54, 1.807) is 30.5 Å². The van der Waals surface area contributed by atoms with Gasteiger partial charge in [0.15, 0.2) is 0 Å². The topological polar surface area (TPSA) is 59.1 Å². The van der Waals surface area contributed by atoms with Crippen LogP contribution in [-0.4, -0.2) is 16.6 Å². The van der Waals surface area contributed by atoms with E-state index in [1.165, 1.54) is 6.08 Å². The molecule has 0 radical (unpaired) electrons. The zero-order chi connectivity index (χ0) is 13.2. The van der Waals surface area contributed by atoms with Gasteiger partial charge < -0.3 is 5.32 Å². The number of allylic oxidation sites excluding steroid dienone is 1. The van der Waals surface area contributed by atoms with Gasteiger partial charge in [-0.15, -0.1) is 0 Å². The van der Waals surface area contributed by atoms with E-state index in [1.807, 2.05) is 18.2 Å². The molecule has 0 amide bonds. The fourth-order valence-electron chi connectivity index (χ4n) is 2.00. The number of aromatic nitrogens is 1. The van der Waals surface area contributed by atoms with Crippen molar-refractivity contribution < 1.29 is 9.59 Å². The van der Waals surface area contributed by atoms with E-state index < -0.39 is 11.6 Å². The minimum Gasteiger partial charge on any atom is -0.340 e. The van der Waals surface area contributed by atoms with E-state index in [9.17, 15) is 9.59 Å². The second kappa shape index (κ2) is 4.49. The van der Waals surface area contributed by atoms with Crippen LogP contribution in [0.5, 0.6) is 0 Å². The summed E-state index contributed by atoms with van der Waals surface area (Å²) in [5.41, 5.74) is 1.74. The number of pyridine rings is 1. The summed E-state index contributed by atoms with van der Waals surface area (Å²) in [5.74, 6) is -0.356. The number of fused-ring (bicyclic) bond motifs is 1. The molecule has 0 aliphatic heterocycles. The van der Waals surface area contributed by atoms with Crippen molar-refractivity contribution in [1.82, 2.24) is 4.98 Å². The number of anilines is 1. The van der Waals surface area contributed by atoms with Crippen LogP contribution < -0.4 is 5.32 Å². The maximum absolute atomic E-state index is 11.8. The second-order valence-corrected chi connectivity index (χ2v) is 4.14. The van der Waals surface area contributed by atoms with E-state index in [0.717, 1.165) is 5.56 Å². The van der Waals surface area contributed by atoms with Crippen LogP contribution in [0, 0.1) is 0 Å². The number of benzene rings is 1. The molecule has 2 aromatic rings.